The Morgan fingerprint density at radius 2 is 1.79 bits per heavy atom. The monoisotopic (exact) mass is 542 g/mol. The van der Waals surface area contributed by atoms with Gasteiger partial charge in [-0.05, 0) is 66.6 Å². The molecule has 1 amide bonds. The van der Waals surface area contributed by atoms with Crippen LogP contribution in [-0.4, -0.2) is 42.6 Å². The number of ether oxygens (including phenoxy) is 3. The molecule has 0 bridgehead atoms. The molecule has 9 heteroatoms. The Hall–Kier alpha value is -4.63. The van der Waals surface area contributed by atoms with Gasteiger partial charge >= 0.3 is 5.91 Å². The number of methoxy groups -OCH3 is 2. The third-order valence-corrected chi connectivity index (χ3v) is 7.48. The number of hydrogen-bond acceptors (Lipinski definition) is 8. The SMILES string of the molecule is C=CCOc1ccc([C@H]2C(=C(O)c3ccc(OC)c(C)c3)C(=O)C(=O)N2c2nc3ccc(OC)cc3s2)cc1. The van der Waals surface area contributed by atoms with E-state index in [1.165, 1.54) is 16.2 Å². The zero-order chi connectivity index (χ0) is 27.7. The molecule has 0 spiro atoms. The summed E-state index contributed by atoms with van der Waals surface area (Å²) in [5.74, 6) is 0.0549. The minimum Gasteiger partial charge on any atom is -0.507 e. The zero-order valence-corrected chi connectivity index (χ0v) is 22.5. The molecular weight excluding hydrogens is 516 g/mol. The maximum atomic E-state index is 13.5. The van der Waals surface area contributed by atoms with Gasteiger partial charge in [0.1, 0.15) is 29.6 Å². The predicted molar refractivity (Wildman–Crippen MR) is 151 cm³/mol. The first-order valence-electron chi connectivity index (χ1n) is 12.1. The molecule has 39 heavy (non-hydrogen) atoms. The van der Waals surface area contributed by atoms with E-state index in [4.69, 9.17) is 14.2 Å². The number of aromatic nitrogens is 1. The fourth-order valence-electron chi connectivity index (χ4n) is 4.55. The van der Waals surface area contributed by atoms with Crippen molar-refractivity contribution in [3.63, 3.8) is 0 Å². The van der Waals surface area contributed by atoms with E-state index in [1.807, 2.05) is 13.0 Å². The molecular formula is C30H26N2O6S. The van der Waals surface area contributed by atoms with Crippen molar-refractivity contribution in [2.45, 2.75) is 13.0 Å². The molecule has 1 fully saturated rings. The van der Waals surface area contributed by atoms with Gasteiger partial charge in [-0.2, -0.15) is 0 Å². The van der Waals surface area contributed by atoms with Gasteiger partial charge in [-0.1, -0.05) is 36.1 Å². The fourth-order valence-corrected chi connectivity index (χ4v) is 5.57. The summed E-state index contributed by atoms with van der Waals surface area (Å²) in [4.78, 5) is 33.0. The second kappa shape index (κ2) is 10.6. The quantitative estimate of drug-likeness (QED) is 0.130. The van der Waals surface area contributed by atoms with Crippen molar-refractivity contribution in [2.24, 2.45) is 0 Å². The van der Waals surface area contributed by atoms with Crippen molar-refractivity contribution in [1.82, 2.24) is 4.98 Å². The van der Waals surface area contributed by atoms with Gasteiger partial charge in [0.25, 0.3) is 5.78 Å². The molecule has 5 rings (SSSR count). The summed E-state index contributed by atoms with van der Waals surface area (Å²) < 4.78 is 17.1. The van der Waals surface area contributed by atoms with E-state index in [0.717, 1.165) is 10.3 Å². The van der Waals surface area contributed by atoms with Gasteiger partial charge < -0.3 is 19.3 Å². The molecule has 198 valence electrons. The molecule has 3 aromatic carbocycles. The highest BCUT2D eigenvalue weighted by atomic mass is 32.1. The number of hydrogen-bond donors (Lipinski definition) is 1. The van der Waals surface area contributed by atoms with Gasteiger partial charge in [-0.3, -0.25) is 14.5 Å². The lowest BCUT2D eigenvalue weighted by Gasteiger charge is -2.23. The van der Waals surface area contributed by atoms with Crippen molar-refractivity contribution >= 4 is 44.1 Å². The largest absolute Gasteiger partial charge is 0.507 e. The number of benzene rings is 3. The van der Waals surface area contributed by atoms with Crippen LogP contribution >= 0.6 is 11.3 Å². The number of carbonyl (C=O) groups excluding carboxylic acids is 2. The molecule has 0 aliphatic carbocycles. The van der Waals surface area contributed by atoms with Crippen LogP contribution in [-0.2, 0) is 9.59 Å². The summed E-state index contributed by atoms with van der Waals surface area (Å²) in [6, 6.07) is 16.6. The van der Waals surface area contributed by atoms with Gasteiger partial charge in [-0.25, -0.2) is 4.98 Å². The van der Waals surface area contributed by atoms with E-state index >= 15 is 0 Å². The summed E-state index contributed by atoms with van der Waals surface area (Å²) in [6.07, 6.45) is 1.64. The third kappa shape index (κ3) is 4.72. The van der Waals surface area contributed by atoms with Gasteiger partial charge in [0, 0.05) is 5.56 Å². The molecule has 0 unspecified atom stereocenters. The van der Waals surface area contributed by atoms with Crippen molar-refractivity contribution < 1.29 is 28.9 Å². The molecule has 1 aliphatic rings. The number of nitrogens with zero attached hydrogens (tertiary/aromatic N) is 2. The van der Waals surface area contributed by atoms with Crippen LogP contribution < -0.4 is 19.1 Å². The van der Waals surface area contributed by atoms with Crippen LogP contribution in [0, 0.1) is 6.92 Å². The molecule has 8 nitrogen and oxygen atoms in total. The number of aliphatic hydroxyl groups is 1. The number of rotatable bonds is 8. The minimum absolute atomic E-state index is 0.0267. The van der Waals surface area contributed by atoms with Crippen LogP contribution in [0.2, 0.25) is 0 Å². The Morgan fingerprint density at radius 1 is 1.05 bits per heavy atom. The average molecular weight is 543 g/mol. The highest BCUT2D eigenvalue weighted by molar-refractivity contribution is 7.22. The summed E-state index contributed by atoms with van der Waals surface area (Å²) in [7, 11) is 3.13. The number of Topliss-reactive ketones (excluding diaryl/α,β-unsaturated/α-hetero) is 1. The first-order valence-corrected chi connectivity index (χ1v) is 12.9. The number of aryl methyl sites for hydroxylation is 1. The summed E-state index contributed by atoms with van der Waals surface area (Å²) in [6.45, 7) is 5.83. The molecule has 1 aromatic heterocycles. The Labute approximate surface area is 229 Å². The van der Waals surface area contributed by atoms with Crippen LogP contribution in [0.5, 0.6) is 17.2 Å². The second-order valence-corrected chi connectivity index (χ2v) is 9.86. The average Bonchev–Trinajstić information content (AvgIpc) is 3.49. The molecule has 4 aromatic rings. The number of thiazole rings is 1. The van der Waals surface area contributed by atoms with Crippen LogP contribution in [0.3, 0.4) is 0 Å². The highest BCUT2D eigenvalue weighted by Gasteiger charge is 2.48. The maximum Gasteiger partial charge on any atom is 0.301 e. The Balaban J connectivity index is 1.67. The van der Waals surface area contributed by atoms with E-state index in [1.54, 1.807) is 74.9 Å². The van der Waals surface area contributed by atoms with Crippen LogP contribution in [0.4, 0.5) is 5.13 Å². The van der Waals surface area contributed by atoms with Crippen molar-refractivity contribution in [2.75, 3.05) is 25.7 Å². The Morgan fingerprint density at radius 3 is 2.46 bits per heavy atom. The van der Waals surface area contributed by atoms with Crippen molar-refractivity contribution in [1.29, 1.82) is 0 Å². The Kier molecular flexibility index (Phi) is 7.08. The second-order valence-electron chi connectivity index (χ2n) is 8.85. The maximum absolute atomic E-state index is 13.5. The fraction of sp³-hybridized carbons (Fsp3) is 0.167. The smallest absolute Gasteiger partial charge is 0.301 e. The minimum atomic E-state index is -0.914. The van der Waals surface area contributed by atoms with Crippen LogP contribution in [0.25, 0.3) is 16.0 Å². The van der Waals surface area contributed by atoms with E-state index < -0.39 is 17.7 Å². The molecule has 1 aliphatic heterocycles. The lowest BCUT2D eigenvalue weighted by atomic mass is 9.95. The summed E-state index contributed by atoms with van der Waals surface area (Å²) in [5.41, 5.74) is 2.42. The standard InChI is InChI=1S/C30H26N2O6S/c1-5-14-38-20-9-6-18(7-10-20)26-25(27(33)19-8-13-23(37-4)17(2)15-19)28(34)29(35)32(26)30-31-22-12-11-21(36-3)16-24(22)39-30/h5-13,15-16,26,33H,1,14H2,2-4H3/t26-/m0/s1. The first kappa shape index (κ1) is 26.0. The number of fused-ring (bicyclic) bond motifs is 1. The third-order valence-electron chi connectivity index (χ3n) is 6.47. The molecule has 1 atom stereocenters. The van der Waals surface area contributed by atoms with E-state index in [0.29, 0.717) is 45.6 Å². The molecule has 0 saturated carbocycles. The lowest BCUT2D eigenvalue weighted by Crippen LogP contribution is -2.29. The normalized spacial score (nSPS) is 16.5. The number of amides is 1. The predicted octanol–water partition coefficient (Wildman–Crippen LogP) is 5.81. The number of ketones is 1. The van der Waals surface area contributed by atoms with E-state index in [-0.39, 0.29) is 11.3 Å². The Bertz CT molecular complexity index is 1620. The highest BCUT2D eigenvalue weighted by Crippen LogP contribution is 2.45. The van der Waals surface area contributed by atoms with Gasteiger partial charge in [0.05, 0.1) is 36.1 Å². The lowest BCUT2D eigenvalue weighted by molar-refractivity contribution is -0.132. The zero-order valence-electron chi connectivity index (χ0n) is 21.6. The van der Waals surface area contributed by atoms with Gasteiger partial charge in [0.2, 0.25) is 0 Å². The molecule has 0 radical (unpaired) electrons. The van der Waals surface area contributed by atoms with Gasteiger partial charge in [0.15, 0.2) is 5.13 Å². The van der Waals surface area contributed by atoms with Gasteiger partial charge in [-0.15, -0.1) is 0 Å². The number of anilines is 1. The summed E-state index contributed by atoms with van der Waals surface area (Å²) >= 11 is 1.26. The number of aliphatic hydroxyl groups excluding tert-OH is 1. The van der Waals surface area contributed by atoms with Crippen molar-refractivity contribution in [3.8, 4) is 17.2 Å². The first-order chi connectivity index (χ1) is 18.9. The van der Waals surface area contributed by atoms with Crippen LogP contribution in [0.1, 0.15) is 22.7 Å². The number of carbonyl (C=O) groups is 2. The molecule has 1 N–H and O–H groups in total. The van der Waals surface area contributed by atoms with E-state index in [2.05, 4.69) is 11.6 Å². The van der Waals surface area contributed by atoms with Crippen molar-refractivity contribution in [3.05, 3.63) is 95.6 Å². The topological polar surface area (TPSA) is 98.2 Å². The summed E-state index contributed by atoms with van der Waals surface area (Å²) in [5, 5.41) is 11.8. The van der Waals surface area contributed by atoms with E-state index in [9.17, 15) is 14.7 Å². The molecule has 2 heterocycles. The molecule has 1 saturated heterocycles. The van der Waals surface area contributed by atoms with Crippen LogP contribution in [0.15, 0.2) is 78.9 Å².